The average Bonchev–Trinajstić information content (AvgIpc) is 2.40. The fourth-order valence-corrected chi connectivity index (χ4v) is 3.03. The molecule has 0 saturated carbocycles. The van der Waals surface area contributed by atoms with Crippen molar-refractivity contribution in [2.24, 2.45) is 0 Å². The standard InChI is InChI=1S/C15H25NO/c1-15(2,16-11-7-4-8-12-16)14(17)13-9-5-3-6-10-13/h9H,3-8,10-12H2,1-2H3. The van der Waals surface area contributed by atoms with Gasteiger partial charge in [0, 0.05) is 0 Å². The van der Waals surface area contributed by atoms with Crippen molar-refractivity contribution in [3.63, 3.8) is 0 Å². The lowest BCUT2D eigenvalue weighted by molar-refractivity contribution is -0.126. The molecule has 2 nitrogen and oxygen atoms in total. The molecule has 2 heteroatoms. The maximum atomic E-state index is 12.6. The van der Waals surface area contributed by atoms with E-state index >= 15 is 0 Å². The van der Waals surface area contributed by atoms with Crippen LogP contribution in [0.25, 0.3) is 0 Å². The van der Waals surface area contributed by atoms with Crippen LogP contribution in [0.5, 0.6) is 0 Å². The lowest BCUT2D eigenvalue weighted by Crippen LogP contribution is -2.52. The molecule has 0 atom stereocenters. The summed E-state index contributed by atoms with van der Waals surface area (Å²) >= 11 is 0. The van der Waals surface area contributed by atoms with Crippen LogP contribution in [0.4, 0.5) is 0 Å². The highest BCUT2D eigenvalue weighted by Crippen LogP contribution is 2.28. The number of allylic oxidation sites excluding steroid dienone is 1. The Morgan fingerprint density at radius 2 is 1.82 bits per heavy atom. The molecule has 0 radical (unpaired) electrons. The Morgan fingerprint density at radius 1 is 1.12 bits per heavy atom. The summed E-state index contributed by atoms with van der Waals surface area (Å²) in [5, 5.41) is 0. The molecule has 0 unspecified atom stereocenters. The summed E-state index contributed by atoms with van der Waals surface area (Å²) < 4.78 is 0. The van der Waals surface area contributed by atoms with Gasteiger partial charge in [0.1, 0.15) is 0 Å². The number of ketones is 1. The van der Waals surface area contributed by atoms with Gasteiger partial charge in [-0.15, -0.1) is 0 Å². The third-order valence-electron chi connectivity index (χ3n) is 4.28. The summed E-state index contributed by atoms with van der Waals surface area (Å²) in [4.78, 5) is 15.0. The van der Waals surface area contributed by atoms with Crippen molar-refractivity contribution in [2.45, 2.75) is 64.3 Å². The second-order valence-corrected chi connectivity index (χ2v) is 5.91. The molecule has 0 amide bonds. The molecular formula is C15H25NO. The lowest BCUT2D eigenvalue weighted by atomic mass is 9.85. The normalized spacial score (nSPS) is 23.3. The zero-order valence-corrected chi connectivity index (χ0v) is 11.3. The molecule has 0 bridgehead atoms. The first kappa shape index (κ1) is 12.8. The van der Waals surface area contributed by atoms with Crippen LogP contribution < -0.4 is 0 Å². The number of hydrogen-bond donors (Lipinski definition) is 0. The summed E-state index contributed by atoms with van der Waals surface area (Å²) in [5.41, 5.74) is 0.802. The predicted octanol–water partition coefficient (Wildman–Crippen LogP) is 3.32. The van der Waals surface area contributed by atoms with E-state index in [4.69, 9.17) is 0 Å². The number of piperidine rings is 1. The number of Topliss-reactive ketones (excluding diaryl/α,β-unsaturated/α-hetero) is 1. The Hall–Kier alpha value is -0.630. The number of likely N-dealkylation sites (tertiary alicyclic amines) is 1. The van der Waals surface area contributed by atoms with Crippen LogP contribution in [0.15, 0.2) is 11.6 Å². The van der Waals surface area contributed by atoms with Crippen LogP contribution in [0, 0.1) is 0 Å². The van der Waals surface area contributed by atoms with Crippen molar-refractivity contribution in [3.05, 3.63) is 11.6 Å². The highest BCUT2D eigenvalue weighted by atomic mass is 16.1. The Morgan fingerprint density at radius 3 is 2.41 bits per heavy atom. The summed E-state index contributed by atoms with van der Waals surface area (Å²) in [7, 11) is 0. The minimum Gasteiger partial charge on any atom is -0.292 e. The van der Waals surface area contributed by atoms with E-state index in [-0.39, 0.29) is 5.54 Å². The molecule has 96 valence electrons. The van der Waals surface area contributed by atoms with Crippen LogP contribution in [0.3, 0.4) is 0 Å². The fourth-order valence-electron chi connectivity index (χ4n) is 3.03. The van der Waals surface area contributed by atoms with Crippen LogP contribution >= 0.6 is 0 Å². The van der Waals surface area contributed by atoms with E-state index < -0.39 is 0 Å². The molecule has 2 aliphatic rings. The third kappa shape index (κ3) is 2.79. The molecule has 0 spiro atoms. The van der Waals surface area contributed by atoms with Gasteiger partial charge in [-0.1, -0.05) is 12.5 Å². The van der Waals surface area contributed by atoms with Crippen LogP contribution in [-0.4, -0.2) is 29.3 Å². The van der Waals surface area contributed by atoms with Crippen LogP contribution in [-0.2, 0) is 4.79 Å². The van der Waals surface area contributed by atoms with Gasteiger partial charge in [-0.05, 0) is 71.0 Å². The van der Waals surface area contributed by atoms with Crippen molar-refractivity contribution < 1.29 is 4.79 Å². The van der Waals surface area contributed by atoms with E-state index in [1.54, 1.807) is 0 Å². The summed E-state index contributed by atoms with van der Waals surface area (Å²) in [6, 6.07) is 0. The van der Waals surface area contributed by atoms with Crippen molar-refractivity contribution in [2.75, 3.05) is 13.1 Å². The van der Waals surface area contributed by atoms with E-state index in [9.17, 15) is 4.79 Å². The topological polar surface area (TPSA) is 20.3 Å². The molecular weight excluding hydrogens is 210 g/mol. The number of carbonyl (C=O) groups excluding carboxylic acids is 1. The Kier molecular flexibility index (Phi) is 4.03. The van der Waals surface area contributed by atoms with Gasteiger partial charge < -0.3 is 0 Å². The van der Waals surface area contributed by atoms with Crippen molar-refractivity contribution in [1.29, 1.82) is 0 Å². The molecule has 1 heterocycles. The van der Waals surface area contributed by atoms with E-state index in [1.807, 2.05) is 0 Å². The maximum Gasteiger partial charge on any atom is 0.178 e. The van der Waals surface area contributed by atoms with Gasteiger partial charge in [0.05, 0.1) is 5.54 Å². The largest absolute Gasteiger partial charge is 0.292 e. The van der Waals surface area contributed by atoms with Crippen molar-refractivity contribution >= 4 is 5.78 Å². The zero-order valence-electron chi connectivity index (χ0n) is 11.3. The first-order chi connectivity index (χ1) is 8.12. The highest BCUT2D eigenvalue weighted by molar-refractivity contribution is 6.02. The quantitative estimate of drug-likeness (QED) is 0.748. The monoisotopic (exact) mass is 235 g/mol. The molecule has 0 aromatic heterocycles. The fraction of sp³-hybridized carbons (Fsp3) is 0.800. The molecule has 1 saturated heterocycles. The number of nitrogens with zero attached hydrogens (tertiary/aromatic N) is 1. The average molecular weight is 235 g/mol. The van der Waals surface area contributed by atoms with Gasteiger partial charge in [-0.25, -0.2) is 0 Å². The molecule has 1 fully saturated rings. The summed E-state index contributed by atoms with van der Waals surface area (Å²) in [6.45, 7) is 6.39. The van der Waals surface area contributed by atoms with Crippen LogP contribution in [0.1, 0.15) is 58.8 Å². The zero-order chi connectivity index (χ0) is 12.3. The first-order valence-corrected chi connectivity index (χ1v) is 7.11. The molecule has 1 aliphatic carbocycles. The van der Waals surface area contributed by atoms with E-state index in [2.05, 4.69) is 24.8 Å². The van der Waals surface area contributed by atoms with Gasteiger partial charge in [0.15, 0.2) is 5.78 Å². The Balaban J connectivity index is 2.07. The number of rotatable bonds is 3. The second-order valence-electron chi connectivity index (χ2n) is 5.91. The molecule has 0 N–H and O–H groups in total. The second kappa shape index (κ2) is 5.34. The van der Waals surface area contributed by atoms with Gasteiger partial charge in [-0.3, -0.25) is 9.69 Å². The number of hydrogen-bond acceptors (Lipinski definition) is 2. The minimum atomic E-state index is -0.288. The summed E-state index contributed by atoms with van der Waals surface area (Å²) in [5.74, 6) is 0.374. The Bertz CT molecular complexity index is 311. The van der Waals surface area contributed by atoms with Gasteiger partial charge in [0.25, 0.3) is 0 Å². The highest BCUT2D eigenvalue weighted by Gasteiger charge is 2.36. The van der Waals surface area contributed by atoms with E-state index in [0.29, 0.717) is 5.78 Å². The number of carbonyl (C=O) groups is 1. The van der Waals surface area contributed by atoms with Gasteiger partial charge >= 0.3 is 0 Å². The molecule has 1 aliphatic heterocycles. The van der Waals surface area contributed by atoms with E-state index in [1.165, 1.54) is 32.1 Å². The molecule has 17 heavy (non-hydrogen) atoms. The maximum absolute atomic E-state index is 12.6. The molecule has 0 aromatic carbocycles. The minimum absolute atomic E-state index is 0.288. The van der Waals surface area contributed by atoms with Gasteiger partial charge in [-0.2, -0.15) is 0 Å². The summed E-state index contributed by atoms with van der Waals surface area (Å²) in [6.07, 6.45) is 10.5. The molecule has 2 rings (SSSR count). The van der Waals surface area contributed by atoms with Crippen molar-refractivity contribution in [1.82, 2.24) is 4.90 Å². The first-order valence-electron chi connectivity index (χ1n) is 7.11. The SMILES string of the molecule is CC(C)(C(=O)C1=CCCCC1)N1CCCCC1. The smallest absolute Gasteiger partial charge is 0.178 e. The van der Waals surface area contributed by atoms with Crippen LogP contribution in [0.2, 0.25) is 0 Å². The van der Waals surface area contributed by atoms with Crippen molar-refractivity contribution in [3.8, 4) is 0 Å². The van der Waals surface area contributed by atoms with Gasteiger partial charge in [0.2, 0.25) is 0 Å². The Labute approximate surface area is 105 Å². The van der Waals surface area contributed by atoms with E-state index in [0.717, 1.165) is 31.5 Å². The third-order valence-corrected chi connectivity index (χ3v) is 4.28. The predicted molar refractivity (Wildman–Crippen MR) is 71.1 cm³/mol. The molecule has 0 aromatic rings. The lowest BCUT2D eigenvalue weighted by Gasteiger charge is -2.40.